The lowest BCUT2D eigenvalue weighted by Crippen LogP contribution is -2.35. The van der Waals surface area contributed by atoms with Gasteiger partial charge in [-0.15, -0.1) is 0 Å². The van der Waals surface area contributed by atoms with Gasteiger partial charge in [-0.05, 0) is 0 Å². The molecule has 0 saturated carbocycles. The van der Waals surface area contributed by atoms with Crippen LogP contribution in [0.2, 0.25) is 6.55 Å². The van der Waals surface area contributed by atoms with Crippen molar-refractivity contribution in [3.63, 3.8) is 0 Å². The van der Waals surface area contributed by atoms with Crippen molar-refractivity contribution in [3.8, 4) is 0 Å². The van der Waals surface area contributed by atoms with Crippen LogP contribution in [0.3, 0.4) is 0 Å². The van der Waals surface area contributed by atoms with Crippen molar-refractivity contribution in [2.24, 2.45) is 11.5 Å². The lowest BCUT2D eigenvalue weighted by Gasteiger charge is -2.02. The fourth-order valence-corrected chi connectivity index (χ4v) is 0.762. The average Bonchev–Trinajstić information content (AvgIpc) is 1.61. The second kappa shape index (κ2) is 4.26. The molecule has 0 unspecified atom stereocenters. The second-order valence-electron chi connectivity index (χ2n) is 1.32. The minimum Gasteiger partial charge on any atom is -0.421 e. The third kappa shape index (κ3) is 6.10. The maximum atomic E-state index is 5.15. The number of hydrogen-bond donors (Lipinski definition) is 2. The molecule has 44 valence electrons. The molecule has 0 heterocycles. The summed E-state index contributed by atoms with van der Waals surface area (Å²) in [6, 6.07) is 0. The first-order chi connectivity index (χ1) is 3.27. The lowest BCUT2D eigenvalue weighted by molar-refractivity contribution is 0.309. The van der Waals surface area contributed by atoms with Gasteiger partial charge >= 0.3 is 0 Å². The van der Waals surface area contributed by atoms with Crippen LogP contribution in [0.4, 0.5) is 0 Å². The summed E-state index contributed by atoms with van der Waals surface area (Å²) in [5, 5.41) is 0. The SMILES string of the molecule is C[SiH2]OCC(N)N. The predicted molar refractivity (Wildman–Crippen MR) is 32.5 cm³/mol. The Hall–Kier alpha value is 0.0969. The normalized spacial score (nSPS) is 12.0. The van der Waals surface area contributed by atoms with Crippen molar-refractivity contribution in [3.05, 3.63) is 0 Å². The molecule has 0 saturated heterocycles. The zero-order chi connectivity index (χ0) is 5.70. The zero-order valence-electron chi connectivity index (χ0n) is 4.55. The van der Waals surface area contributed by atoms with E-state index in [1.54, 1.807) is 0 Å². The maximum Gasteiger partial charge on any atom is 0.158 e. The molecule has 4 heteroatoms. The molecule has 0 aliphatic rings. The Kier molecular flexibility index (Phi) is 4.32. The van der Waals surface area contributed by atoms with Gasteiger partial charge in [0, 0.05) is 0 Å². The standard InChI is InChI=1S/C3H12N2OSi/c1-7-6-2-3(4)5/h3H,2,4-5,7H2,1H3. The van der Waals surface area contributed by atoms with Crippen LogP contribution in [0.15, 0.2) is 0 Å². The summed E-state index contributed by atoms with van der Waals surface area (Å²) in [5.74, 6) is 0. The molecule has 0 aromatic rings. The molecule has 0 spiro atoms. The van der Waals surface area contributed by atoms with Crippen LogP contribution in [0.25, 0.3) is 0 Å². The molecule has 0 rings (SSSR count). The predicted octanol–water partition coefficient (Wildman–Crippen LogP) is -1.62. The summed E-state index contributed by atoms with van der Waals surface area (Å²) in [6.07, 6.45) is -0.285. The van der Waals surface area contributed by atoms with E-state index in [9.17, 15) is 0 Å². The van der Waals surface area contributed by atoms with Crippen LogP contribution >= 0.6 is 0 Å². The fourth-order valence-electron chi connectivity index (χ4n) is 0.254. The first-order valence-corrected chi connectivity index (χ1v) is 4.35. The van der Waals surface area contributed by atoms with Crippen molar-refractivity contribution in [2.75, 3.05) is 6.61 Å². The summed E-state index contributed by atoms with van der Waals surface area (Å²) in [6.45, 7) is 2.56. The van der Waals surface area contributed by atoms with Gasteiger partial charge in [-0.2, -0.15) is 0 Å². The van der Waals surface area contributed by atoms with E-state index >= 15 is 0 Å². The van der Waals surface area contributed by atoms with E-state index in [4.69, 9.17) is 15.9 Å². The quantitative estimate of drug-likeness (QED) is 0.347. The van der Waals surface area contributed by atoms with Crippen LogP contribution in [0, 0.1) is 0 Å². The highest BCUT2D eigenvalue weighted by molar-refractivity contribution is 6.24. The van der Waals surface area contributed by atoms with E-state index in [1.165, 1.54) is 0 Å². The lowest BCUT2D eigenvalue weighted by atomic mass is 10.6. The van der Waals surface area contributed by atoms with Gasteiger partial charge in [-0.25, -0.2) is 0 Å². The molecule has 0 fully saturated rings. The summed E-state index contributed by atoms with van der Waals surface area (Å²) in [7, 11) is -0.289. The zero-order valence-corrected chi connectivity index (χ0v) is 5.97. The van der Waals surface area contributed by atoms with Gasteiger partial charge < -0.3 is 15.9 Å². The van der Waals surface area contributed by atoms with Crippen molar-refractivity contribution < 1.29 is 4.43 Å². The molecule has 0 amide bonds. The molecule has 0 atom stereocenters. The van der Waals surface area contributed by atoms with E-state index < -0.39 is 0 Å². The molecule has 0 aromatic heterocycles. The van der Waals surface area contributed by atoms with Crippen molar-refractivity contribution in [2.45, 2.75) is 12.7 Å². The number of rotatable bonds is 3. The Bertz CT molecular complexity index is 41.9. The van der Waals surface area contributed by atoms with Crippen molar-refractivity contribution >= 4 is 9.76 Å². The van der Waals surface area contributed by atoms with Gasteiger partial charge in [0.2, 0.25) is 0 Å². The van der Waals surface area contributed by atoms with Crippen LogP contribution in [0.5, 0.6) is 0 Å². The molecule has 4 N–H and O–H groups in total. The first kappa shape index (κ1) is 7.10. The Morgan fingerprint density at radius 1 is 1.71 bits per heavy atom. The summed E-state index contributed by atoms with van der Waals surface area (Å²) >= 11 is 0. The highest BCUT2D eigenvalue weighted by Crippen LogP contribution is 1.67. The van der Waals surface area contributed by atoms with Gasteiger partial charge in [-0.3, -0.25) is 0 Å². The molecule has 0 aromatic carbocycles. The largest absolute Gasteiger partial charge is 0.421 e. The number of hydrogen-bond acceptors (Lipinski definition) is 3. The third-order valence-corrected chi connectivity index (χ3v) is 1.16. The monoisotopic (exact) mass is 120 g/mol. The van der Waals surface area contributed by atoms with Gasteiger partial charge in [0.25, 0.3) is 0 Å². The summed E-state index contributed by atoms with van der Waals surface area (Å²) < 4.78 is 4.98. The topological polar surface area (TPSA) is 61.3 Å². The second-order valence-corrected chi connectivity index (χ2v) is 2.31. The highest BCUT2D eigenvalue weighted by Gasteiger charge is 1.88. The van der Waals surface area contributed by atoms with E-state index in [1.807, 2.05) is 6.55 Å². The molecular formula is C3H12N2OSi. The highest BCUT2D eigenvalue weighted by atomic mass is 28.2. The van der Waals surface area contributed by atoms with Crippen LogP contribution in [0.1, 0.15) is 0 Å². The van der Waals surface area contributed by atoms with Crippen molar-refractivity contribution in [1.29, 1.82) is 0 Å². The average molecular weight is 120 g/mol. The molecule has 0 radical (unpaired) electrons. The van der Waals surface area contributed by atoms with E-state index in [0.29, 0.717) is 6.61 Å². The van der Waals surface area contributed by atoms with Crippen LogP contribution < -0.4 is 11.5 Å². The van der Waals surface area contributed by atoms with E-state index in [2.05, 4.69) is 0 Å². The maximum absolute atomic E-state index is 5.15. The molecule has 0 bridgehead atoms. The van der Waals surface area contributed by atoms with E-state index in [0.717, 1.165) is 0 Å². The van der Waals surface area contributed by atoms with Gasteiger partial charge in [-0.1, -0.05) is 6.55 Å². The van der Waals surface area contributed by atoms with Crippen LogP contribution in [-0.4, -0.2) is 22.5 Å². The smallest absolute Gasteiger partial charge is 0.158 e. The molecular weight excluding hydrogens is 108 g/mol. The van der Waals surface area contributed by atoms with Gasteiger partial charge in [0.05, 0.1) is 12.8 Å². The molecule has 0 aliphatic heterocycles. The Morgan fingerprint density at radius 2 is 2.29 bits per heavy atom. The van der Waals surface area contributed by atoms with Gasteiger partial charge in [0.15, 0.2) is 9.76 Å². The molecule has 0 aliphatic carbocycles. The van der Waals surface area contributed by atoms with E-state index in [-0.39, 0.29) is 15.9 Å². The number of nitrogens with two attached hydrogens (primary N) is 2. The minimum absolute atomic E-state index is 0.285. The van der Waals surface area contributed by atoms with Crippen molar-refractivity contribution in [1.82, 2.24) is 0 Å². The molecule has 3 nitrogen and oxygen atoms in total. The Morgan fingerprint density at radius 3 is 2.43 bits per heavy atom. The summed E-state index contributed by atoms with van der Waals surface area (Å²) in [5.41, 5.74) is 10.3. The first-order valence-electron chi connectivity index (χ1n) is 2.36. The minimum atomic E-state index is -0.289. The van der Waals surface area contributed by atoms with Gasteiger partial charge in [0.1, 0.15) is 0 Å². The Labute approximate surface area is 46.0 Å². The third-order valence-electron chi connectivity index (χ3n) is 0.514. The molecule has 7 heavy (non-hydrogen) atoms. The fraction of sp³-hybridized carbons (Fsp3) is 1.00. The Balaban J connectivity index is 2.68. The summed E-state index contributed by atoms with van der Waals surface area (Å²) in [4.78, 5) is 0. The van der Waals surface area contributed by atoms with Crippen LogP contribution in [-0.2, 0) is 4.43 Å².